The molecule has 0 spiro atoms. The minimum atomic E-state index is -4.90. The molecule has 0 bridgehead atoms. The first kappa shape index (κ1) is 38.4. The summed E-state index contributed by atoms with van der Waals surface area (Å²) in [6.45, 7) is 0. The number of hydrogen-bond acceptors (Lipinski definition) is 5. The standard InChI is InChI=1S/C49H26F6N6/c50-48(51,52)40-17-9-7-15-34(40)38-25-33(47-59-45(31-11-3-1-4-12-31)58-46(60-47)32-13-5-2-6-14-32)26-39(35-16-8-10-18-41(35)49(53,54)55)44(38)61-42-21-19-29(27-56)23-36(42)37-24-30(28-57)20-22-43(37)61/h1-26H. The maximum Gasteiger partial charge on any atom is 0.417 e. The number of alkyl halides is 6. The fourth-order valence-corrected chi connectivity index (χ4v) is 7.69. The Morgan fingerprint density at radius 1 is 0.410 bits per heavy atom. The van der Waals surface area contributed by atoms with E-state index in [1.165, 1.54) is 60.7 Å². The van der Waals surface area contributed by atoms with Crippen molar-refractivity contribution in [1.82, 2.24) is 19.5 Å². The molecule has 0 aliphatic rings. The van der Waals surface area contributed by atoms with E-state index in [2.05, 4.69) is 12.1 Å². The lowest BCUT2D eigenvalue weighted by Crippen LogP contribution is -2.11. The monoisotopic (exact) mass is 812 g/mol. The van der Waals surface area contributed by atoms with Crippen LogP contribution in [0.3, 0.4) is 0 Å². The van der Waals surface area contributed by atoms with Crippen LogP contribution in [0.2, 0.25) is 0 Å². The van der Waals surface area contributed by atoms with Crippen molar-refractivity contribution in [1.29, 1.82) is 10.5 Å². The third-order valence-corrected chi connectivity index (χ3v) is 10.4. The van der Waals surface area contributed by atoms with Gasteiger partial charge in [-0.15, -0.1) is 0 Å². The zero-order chi connectivity index (χ0) is 42.5. The molecule has 0 saturated carbocycles. The lowest BCUT2D eigenvalue weighted by Gasteiger charge is -2.24. The SMILES string of the molecule is N#Cc1ccc2c(c1)c1cc(C#N)ccc1n2-c1c(-c2ccccc2C(F)(F)F)cc(-c2nc(-c3ccccc3)nc(-c3ccccc3)n2)cc1-c1ccccc1C(F)(F)F. The first-order valence-electron chi connectivity index (χ1n) is 18.7. The van der Waals surface area contributed by atoms with Gasteiger partial charge < -0.3 is 4.57 Å². The van der Waals surface area contributed by atoms with Crippen LogP contribution in [0.4, 0.5) is 26.3 Å². The van der Waals surface area contributed by atoms with E-state index < -0.39 is 23.5 Å². The number of benzene rings is 7. The van der Waals surface area contributed by atoms with Crippen molar-refractivity contribution in [2.24, 2.45) is 0 Å². The van der Waals surface area contributed by atoms with Gasteiger partial charge in [0.1, 0.15) is 0 Å². The topological polar surface area (TPSA) is 91.2 Å². The maximum atomic E-state index is 15.2. The Hall–Kier alpha value is -8.09. The highest BCUT2D eigenvalue weighted by atomic mass is 19.4. The Kier molecular flexibility index (Phi) is 9.41. The summed E-state index contributed by atoms with van der Waals surface area (Å²) in [4.78, 5) is 14.4. The van der Waals surface area contributed by atoms with Gasteiger partial charge >= 0.3 is 12.4 Å². The van der Waals surface area contributed by atoms with Gasteiger partial charge in [-0.1, -0.05) is 97.1 Å². The highest BCUT2D eigenvalue weighted by molar-refractivity contribution is 6.11. The quantitative estimate of drug-likeness (QED) is 0.156. The zero-order valence-corrected chi connectivity index (χ0v) is 31.5. The average molecular weight is 813 g/mol. The maximum absolute atomic E-state index is 15.2. The first-order chi connectivity index (χ1) is 29.4. The van der Waals surface area contributed by atoms with Gasteiger partial charge in [0.15, 0.2) is 17.5 Å². The predicted molar refractivity (Wildman–Crippen MR) is 221 cm³/mol. The molecule has 2 aromatic heterocycles. The van der Waals surface area contributed by atoms with Crippen LogP contribution in [0, 0.1) is 22.7 Å². The van der Waals surface area contributed by atoms with Gasteiger partial charge in [-0.05, 0) is 71.8 Å². The molecule has 0 fully saturated rings. The van der Waals surface area contributed by atoms with Crippen molar-refractivity contribution in [3.05, 3.63) is 180 Å². The van der Waals surface area contributed by atoms with Gasteiger partial charge in [0.2, 0.25) is 0 Å². The molecule has 0 saturated heterocycles. The van der Waals surface area contributed by atoms with Crippen LogP contribution in [-0.4, -0.2) is 19.5 Å². The Morgan fingerprint density at radius 2 is 0.787 bits per heavy atom. The number of rotatable bonds is 6. The van der Waals surface area contributed by atoms with Crippen molar-refractivity contribution >= 4 is 21.8 Å². The zero-order valence-electron chi connectivity index (χ0n) is 31.5. The molecular formula is C49H26F6N6. The van der Waals surface area contributed by atoms with Gasteiger partial charge in [0.25, 0.3) is 0 Å². The summed E-state index contributed by atoms with van der Waals surface area (Å²) in [5.74, 6) is 0.453. The normalized spacial score (nSPS) is 11.7. The second-order valence-corrected chi connectivity index (χ2v) is 14.1. The number of hydrogen-bond donors (Lipinski definition) is 0. The van der Waals surface area contributed by atoms with Gasteiger partial charge in [0, 0.05) is 38.6 Å². The molecule has 0 N–H and O–H groups in total. The minimum absolute atomic E-state index is 0.00437. The fraction of sp³-hybridized carbons (Fsp3) is 0.0408. The first-order valence-corrected chi connectivity index (χ1v) is 18.7. The summed E-state index contributed by atoms with van der Waals surface area (Å²) < 4.78 is 92.7. The minimum Gasteiger partial charge on any atom is -0.308 e. The summed E-state index contributed by atoms with van der Waals surface area (Å²) in [7, 11) is 0. The van der Waals surface area contributed by atoms with E-state index in [1.807, 2.05) is 12.1 Å². The summed E-state index contributed by atoms with van der Waals surface area (Å²) >= 11 is 0. The summed E-state index contributed by atoms with van der Waals surface area (Å²) in [6.07, 6.45) is -9.79. The van der Waals surface area contributed by atoms with Crippen LogP contribution in [0.1, 0.15) is 22.3 Å². The van der Waals surface area contributed by atoms with Crippen molar-refractivity contribution in [2.75, 3.05) is 0 Å². The van der Waals surface area contributed by atoms with E-state index >= 15 is 26.3 Å². The number of nitrogens with zero attached hydrogens (tertiary/aromatic N) is 6. The molecule has 6 nitrogen and oxygen atoms in total. The highest BCUT2D eigenvalue weighted by Crippen LogP contribution is 2.49. The van der Waals surface area contributed by atoms with Crippen molar-refractivity contribution in [3.63, 3.8) is 0 Å². The lowest BCUT2D eigenvalue weighted by atomic mass is 9.88. The Labute approximate surface area is 343 Å². The van der Waals surface area contributed by atoms with Crippen molar-refractivity contribution in [3.8, 4) is 74.2 Å². The summed E-state index contributed by atoms with van der Waals surface area (Å²) in [5, 5.41) is 20.7. The van der Waals surface area contributed by atoms with Gasteiger partial charge in [-0.2, -0.15) is 36.9 Å². The van der Waals surface area contributed by atoms with Crippen LogP contribution >= 0.6 is 0 Å². The Bertz CT molecular complexity index is 3040. The van der Waals surface area contributed by atoms with Crippen LogP contribution in [0.5, 0.6) is 0 Å². The molecule has 0 unspecified atom stereocenters. The molecule has 294 valence electrons. The lowest BCUT2D eigenvalue weighted by molar-refractivity contribution is -0.137. The molecule has 0 atom stereocenters. The van der Waals surface area contributed by atoms with Gasteiger partial charge in [0.05, 0.1) is 51.1 Å². The average Bonchev–Trinajstić information content (AvgIpc) is 3.60. The van der Waals surface area contributed by atoms with E-state index in [4.69, 9.17) is 15.0 Å². The van der Waals surface area contributed by atoms with Crippen molar-refractivity contribution < 1.29 is 26.3 Å². The molecule has 2 heterocycles. The second-order valence-electron chi connectivity index (χ2n) is 14.1. The van der Waals surface area contributed by atoms with Gasteiger partial charge in [-0.3, -0.25) is 0 Å². The molecular weight excluding hydrogens is 787 g/mol. The van der Waals surface area contributed by atoms with Gasteiger partial charge in [-0.25, -0.2) is 15.0 Å². The molecule has 9 aromatic rings. The van der Waals surface area contributed by atoms with Crippen LogP contribution in [0.25, 0.3) is 83.9 Å². The molecule has 0 amide bonds. The second kappa shape index (κ2) is 14.9. The largest absolute Gasteiger partial charge is 0.417 e. The highest BCUT2D eigenvalue weighted by Gasteiger charge is 2.37. The van der Waals surface area contributed by atoms with E-state index in [-0.39, 0.29) is 62.1 Å². The van der Waals surface area contributed by atoms with Crippen LogP contribution in [-0.2, 0) is 12.4 Å². The molecule has 12 heteroatoms. The molecule has 9 rings (SSSR count). The summed E-state index contributed by atoms with van der Waals surface area (Å²) in [5.41, 5.74) is -0.356. The third-order valence-electron chi connectivity index (χ3n) is 10.4. The molecule has 0 radical (unpaired) electrons. The molecule has 0 aliphatic heterocycles. The third kappa shape index (κ3) is 7.00. The van der Waals surface area contributed by atoms with E-state index in [1.54, 1.807) is 77.4 Å². The number of fused-ring (bicyclic) bond motifs is 3. The fourth-order valence-electron chi connectivity index (χ4n) is 7.69. The van der Waals surface area contributed by atoms with Crippen LogP contribution < -0.4 is 0 Å². The van der Waals surface area contributed by atoms with Crippen LogP contribution in [0.15, 0.2) is 158 Å². The summed E-state index contributed by atoms with van der Waals surface area (Å²) in [6, 6.07) is 44.2. The molecule has 7 aromatic carbocycles. The van der Waals surface area contributed by atoms with E-state index in [0.717, 1.165) is 12.1 Å². The Morgan fingerprint density at radius 3 is 1.18 bits per heavy atom. The Balaban J connectivity index is 1.50. The van der Waals surface area contributed by atoms with E-state index in [0.29, 0.717) is 32.9 Å². The number of halogens is 6. The smallest absolute Gasteiger partial charge is 0.308 e. The molecule has 61 heavy (non-hydrogen) atoms. The number of aromatic nitrogens is 4. The van der Waals surface area contributed by atoms with Crippen molar-refractivity contribution in [2.45, 2.75) is 12.4 Å². The molecule has 0 aliphatic carbocycles. The van der Waals surface area contributed by atoms with E-state index in [9.17, 15) is 10.5 Å². The number of nitriles is 2. The predicted octanol–water partition coefficient (Wildman–Crippen LogP) is 13.1.